The van der Waals surface area contributed by atoms with Gasteiger partial charge in [0.25, 0.3) is 0 Å². The van der Waals surface area contributed by atoms with Gasteiger partial charge in [0.2, 0.25) is 15.8 Å². The minimum Gasteiger partial charge on any atom is -0.286 e. The van der Waals surface area contributed by atoms with Crippen LogP contribution in [-0.2, 0) is 10.0 Å². The lowest BCUT2D eigenvalue weighted by molar-refractivity contribution is 0.103. The molecule has 3 aromatic rings. The van der Waals surface area contributed by atoms with Gasteiger partial charge in [-0.05, 0) is 35.7 Å². The van der Waals surface area contributed by atoms with Gasteiger partial charge in [0, 0.05) is 0 Å². The predicted octanol–water partition coefficient (Wildman–Crippen LogP) is 1.21. The molecule has 0 bridgehead atoms. The van der Waals surface area contributed by atoms with Crippen LogP contribution in [0.2, 0.25) is 0 Å². The summed E-state index contributed by atoms with van der Waals surface area (Å²) in [5.41, 5.74) is 0.795. The van der Waals surface area contributed by atoms with Crippen LogP contribution < -0.4 is 5.14 Å². The second-order valence-corrected chi connectivity index (χ2v) is 6.90. The normalized spacial score (nSPS) is 11.5. The molecule has 1 aromatic carbocycles. The second kappa shape index (κ2) is 5.44. The van der Waals surface area contributed by atoms with Crippen LogP contribution >= 0.6 is 11.3 Å². The smallest absolute Gasteiger partial charge is 0.238 e. The molecule has 2 aromatic heterocycles. The molecule has 2 heterocycles. The minimum atomic E-state index is -3.74. The Hall–Kier alpha value is -2.36. The third-order valence-electron chi connectivity index (χ3n) is 2.90. The number of carbonyl (C=O) groups is 1. The zero-order valence-electron chi connectivity index (χ0n) is 11.1. The van der Waals surface area contributed by atoms with Gasteiger partial charge in [-0.15, -0.1) is 16.4 Å². The van der Waals surface area contributed by atoms with Crippen LogP contribution in [0.15, 0.2) is 52.9 Å². The van der Waals surface area contributed by atoms with E-state index in [9.17, 15) is 13.2 Å². The third-order valence-corrected chi connectivity index (χ3v) is 4.70. The number of sulfonamides is 1. The highest BCUT2D eigenvalue weighted by Crippen LogP contribution is 2.15. The van der Waals surface area contributed by atoms with Gasteiger partial charge < -0.3 is 0 Å². The molecule has 0 saturated carbocycles. The van der Waals surface area contributed by atoms with E-state index in [1.807, 2.05) is 5.38 Å². The van der Waals surface area contributed by atoms with Crippen molar-refractivity contribution in [3.63, 3.8) is 0 Å². The summed E-state index contributed by atoms with van der Waals surface area (Å²) >= 11 is 1.33. The summed E-state index contributed by atoms with van der Waals surface area (Å²) in [6, 6.07) is 9.31. The lowest BCUT2D eigenvalue weighted by Gasteiger charge is -2.01. The second-order valence-electron chi connectivity index (χ2n) is 4.39. The molecule has 0 atom stereocenters. The molecular formula is C13H10N4O3S2. The number of ketones is 1. The van der Waals surface area contributed by atoms with E-state index in [0.29, 0.717) is 10.6 Å². The Kier molecular flexibility index (Phi) is 3.61. The molecule has 0 unspecified atom stereocenters. The molecule has 0 saturated heterocycles. The Morgan fingerprint density at radius 1 is 1.18 bits per heavy atom. The number of benzene rings is 1. The van der Waals surface area contributed by atoms with Gasteiger partial charge in [0.15, 0.2) is 5.69 Å². The third kappa shape index (κ3) is 2.82. The molecule has 2 N–H and O–H groups in total. The number of nitrogens with two attached hydrogens (primary N) is 1. The first-order valence-corrected chi connectivity index (χ1v) is 8.51. The van der Waals surface area contributed by atoms with Crippen LogP contribution in [0.5, 0.6) is 0 Å². The maximum absolute atomic E-state index is 12.1. The molecule has 0 radical (unpaired) electrons. The zero-order valence-corrected chi connectivity index (χ0v) is 12.7. The summed E-state index contributed by atoms with van der Waals surface area (Å²) in [5.74, 6) is -0.206. The molecule has 0 aliphatic heterocycles. The molecule has 0 aliphatic carbocycles. The maximum atomic E-state index is 12.1. The minimum absolute atomic E-state index is 0.00579. The number of aromatic nitrogens is 3. The van der Waals surface area contributed by atoms with Crippen molar-refractivity contribution in [1.29, 1.82) is 0 Å². The number of nitrogens with zero attached hydrogens (tertiary/aromatic N) is 3. The van der Waals surface area contributed by atoms with Crippen LogP contribution in [0.1, 0.15) is 15.4 Å². The SMILES string of the molecule is NS(=O)(=O)c1ccc(-n2cc(C(=O)c3cccs3)nn2)cc1. The molecule has 112 valence electrons. The molecule has 0 fully saturated rings. The lowest BCUT2D eigenvalue weighted by atomic mass is 10.2. The number of thiophene rings is 1. The maximum Gasteiger partial charge on any atom is 0.238 e. The molecular weight excluding hydrogens is 324 g/mol. The van der Waals surface area contributed by atoms with Crippen molar-refractivity contribution in [2.45, 2.75) is 4.90 Å². The fourth-order valence-corrected chi connectivity index (χ4v) is 3.00. The van der Waals surface area contributed by atoms with Crippen LogP contribution in [0.25, 0.3) is 5.69 Å². The molecule has 9 heteroatoms. The van der Waals surface area contributed by atoms with Crippen molar-refractivity contribution < 1.29 is 13.2 Å². The molecule has 7 nitrogen and oxygen atoms in total. The van der Waals surface area contributed by atoms with Crippen molar-refractivity contribution in [3.05, 3.63) is 58.5 Å². The Balaban J connectivity index is 1.89. The number of hydrogen-bond donors (Lipinski definition) is 1. The van der Waals surface area contributed by atoms with Gasteiger partial charge in [0.05, 0.1) is 21.7 Å². The van der Waals surface area contributed by atoms with E-state index in [-0.39, 0.29) is 16.4 Å². The average Bonchev–Trinajstić information content (AvgIpc) is 3.17. The summed E-state index contributed by atoms with van der Waals surface area (Å²) in [7, 11) is -3.74. The Morgan fingerprint density at radius 3 is 2.50 bits per heavy atom. The molecule has 0 amide bonds. The van der Waals surface area contributed by atoms with Crippen molar-refractivity contribution >= 4 is 27.1 Å². The first-order valence-electron chi connectivity index (χ1n) is 6.09. The number of rotatable bonds is 4. The van der Waals surface area contributed by atoms with Crippen molar-refractivity contribution in [2.24, 2.45) is 5.14 Å². The van der Waals surface area contributed by atoms with E-state index in [2.05, 4.69) is 10.3 Å². The summed E-state index contributed by atoms with van der Waals surface area (Å²) in [6.45, 7) is 0. The number of hydrogen-bond acceptors (Lipinski definition) is 6. The van der Waals surface area contributed by atoms with E-state index in [4.69, 9.17) is 5.14 Å². The molecule has 22 heavy (non-hydrogen) atoms. The van der Waals surface area contributed by atoms with Crippen LogP contribution in [0, 0.1) is 0 Å². The summed E-state index contributed by atoms with van der Waals surface area (Å²) in [4.78, 5) is 12.7. The first kappa shape index (κ1) is 14.6. The van der Waals surface area contributed by atoms with Crippen molar-refractivity contribution in [2.75, 3.05) is 0 Å². The summed E-state index contributed by atoms with van der Waals surface area (Å²) in [6.07, 6.45) is 1.49. The fourth-order valence-electron chi connectivity index (χ4n) is 1.82. The Morgan fingerprint density at radius 2 is 1.91 bits per heavy atom. The van der Waals surface area contributed by atoms with Crippen molar-refractivity contribution in [3.8, 4) is 5.69 Å². The Labute approximate surface area is 130 Å². The highest BCUT2D eigenvalue weighted by Gasteiger charge is 2.15. The Bertz CT molecular complexity index is 913. The van der Waals surface area contributed by atoms with E-state index in [1.165, 1.54) is 46.5 Å². The van der Waals surface area contributed by atoms with E-state index in [1.54, 1.807) is 12.1 Å². The number of carbonyl (C=O) groups excluding carboxylic acids is 1. The highest BCUT2D eigenvalue weighted by atomic mass is 32.2. The summed E-state index contributed by atoms with van der Waals surface area (Å²) < 4.78 is 23.8. The highest BCUT2D eigenvalue weighted by molar-refractivity contribution is 7.89. The lowest BCUT2D eigenvalue weighted by Crippen LogP contribution is -2.12. The van der Waals surface area contributed by atoms with Crippen LogP contribution in [0.3, 0.4) is 0 Å². The van der Waals surface area contributed by atoms with Gasteiger partial charge in [-0.1, -0.05) is 11.3 Å². The quantitative estimate of drug-likeness (QED) is 0.721. The zero-order chi connectivity index (χ0) is 15.7. The molecule has 0 spiro atoms. The number of primary sulfonamides is 1. The largest absolute Gasteiger partial charge is 0.286 e. The van der Waals surface area contributed by atoms with Crippen LogP contribution in [0.4, 0.5) is 0 Å². The van der Waals surface area contributed by atoms with Gasteiger partial charge in [0.1, 0.15) is 0 Å². The first-order chi connectivity index (χ1) is 10.4. The van der Waals surface area contributed by atoms with E-state index in [0.717, 1.165) is 0 Å². The van der Waals surface area contributed by atoms with E-state index >= 15 is 0 Å². The van der Waals surface area contributed by atoms with E-state index < -0.39 is 10.0 Å². The van der Waals surface area contributed by atoms with Gasteiger partial charge in [-0.2, -0.15) is 0 Å². The molecule has 3 rings (SSSR count). The summed E-state index contributed by atoms with van der Waals surface area (Å²) in [5, 5.41) is 14.6. The van der Waals surface area contributed by atoms with Crippen LogP contribution in [-0.4, -0.2) is 29.2 Å². The monoisotopic (exact) mass is 334 g/mol. The molecule has 0 aliphatic rings. The standard InChI is InChI=1S/C13H10N4O3S2/c14-22(19,20)10-5-3-9(4-6-10)17-8-11(15-16-17)13(18)12-2-1-7-21-12/h1-8H,(H2,14,19,20). The van der Waals surface area contributed by atoms with Gasteiger partial charge in [-0.25, -0.2) is 18.2 Å². The average molecular weight is 334 g/mol. The topological polar surface area (TPSA) is 108 Å². The predicted molar refractivity (Wildman–Crippen MR) is 80.5 cm³/mol. The van der Waals surface area contributed by atoms with Gasteiger partial charge in [-0.3, -0.25) is 4.79 Å². The van der Waals surface area contributed by atoms with Gasteiger partial charge >= 0.3 is 0 Å². The fraction of sp³-hybridized carbons (Fsp3) is 0. The van der Waals surface area contributed by atoms with Crippen molar-refractivity contribution in [1.82, 2.24) is 15.0 Å².